The van der Waals surface area contributed by atoms with Crippen LogP contribution in [0, 0.1) is 0 Å². The summed E-state index contributed by atoms with van der Waals surface area (Å²) in [4.78, 5) is 17.7. The van der Waals surface area contributed by atoms with Crippen LogP contribution in [0.15, 0.2) is 36.4 Å². The number of carbonyl (C=O) groups excluding carboxylic acids is 1. The summed E-state index contributed by atoms with van der Waals surface area (Å²) in [6, 6.07) is 9.77. The van der Waals surface area contributed by atoms with E-state index < -0.39 is 11.7 Å². The third-order valence-corrected chi connectivity index (χ3v) is 4.90. The number of benzene rings is 1. The van der Waals surface area contributed by atoms with E-state index in [1.807, 2.05) is 17.0 Å². The van der Waals surface area contributed by atoms with E-state index >= 15 is 0 Å². The molecule has 2 heterocycles. The monoisotopic (exact) mass is 515 g/mol. The van der Waals surface area contributed by atoms with Gasteiger partial charge in [0.2, 0.25) is 5.91 Å². The number of piperazine rings is 1. The van der Waals surface area contributed by atoms with Gasteiger partial charge in [-0.2, -0.15) is 13.2 Å². The van der Waals surface area contributed by atoms with E-state index in [0.29, 0.717) is 12.2 Å². The smallest absolute Gasteiger partial charge is 0.354 e. The van der Waals surface area contributed by atoms with Crippen LogP contribution in [-0.4, -0.2) is 37.1 Å². The van der Waals surface area contributed by atoms with Crippen LogP contribution in [0.25, 0.3) is 0 Å². The number of aromatic nitrogens is 1. The fraction of sp³-hybridized carbons (Fsp3) is 0.400. The summed E-state index contributed by atoms with van der Waals surface area (Å²) in [5, 5.41) is 3.22. The number of nitrogens with zero attached hydrogens (tertiary/aromatic N) is 2. The number of hydrogen-bond acceptors (Lipinski definition) is 5. The molecule has 0 unspecified atom stereocenters. The lowest BCUT2D eigenvalue weighted by Gasteiger charge is -2.29. The minimum atomic E-state index is -4.44. The van der Waals surface area contributed by atoms with Crippen molar-refractivity contribution < 1.29 is 18.0 Å². The molecule has 6 nitrogen and oxygen atoms in total. The molecule has 1 aromatic carbocycles. The Bertz CT molecular complexity index is 847. The van der Waals surface area contributed by atoms with E-state index in [1.165, 1.54) is 6.07 Å². The van der Waals surface area contributed by atoms with Crippen molar-refractivity contribution in [2.24, 2.45) is 5.84 Å². The van der Waals surface area contributed by atoms with Gasteiger partial charge in [0.1, 0.15) is 5.82 Å². The van der Waals surface area contributed by atoms with Crippen LogP contribution in [0.1, 0.15) is 22.4 Å². The van der Waals surface area contributed by atoms with Gasteiger partial charge in [-0.3, -0.25) is 10.2 Å². The minimum Gasteiger partial charge on any atom is -0.354 e. The number of hydrazine groups is 1. The van der Waals surface area contributed by atoms with Crippen molar-refractivity contribution in [2.75, 3.05) is 31.1 Å². The van der Waals surface area contributed by atoms with Crippen molar-refractivity contribution in [1.82, 2.24) is 15.7 Å². The number of anilines is 1. The third kappa shape index (κ3) is 8.29. The topological polar surface area (TPSA) is 83.3 Å². The van der Waals surface area contributed by atoms with E-state index in [4.69, 9.17) is 5.84 Å². The molecule has 0 saturated carbocycles. The fourth-order valence-electron chi connectivity index (χ4n) is 3.33. The molecule has 1 aliphatic rings. The number of aryl methyl sites for hydroxylation is 2. The number of nitrogens with one attached hydrogen (secondary N) is 2. The molecule has 3 rings (SSSR count). The molecule has 12 heteroatoms. The van der Waals surface area contributed by atoms with Gasteiger partial charge in [0.15, 0.2) is 0 Å². The van der Waals surface area contributed by atoms with Crippen LogP contribution in [0.4, 0.5) is 19.0 Å². The summed E-state index contributed by atoms with van der Waals surface area (Å²) >= 11 is 0. The number of carbonyl (C=O) groups is 1. The van der Waals surface area contributed by atoms with Gasteiger partial charge in [0, 0.05) is 26.2 Å². The van der Waals surface area contributed by atoms with Gasteiger partial charge in [-0.15, -0.1) is 37.2 Å². The highest BCUT2D eigenvalue weighted by Crippen LogP contribution is 2.33. The predicted octanol–water partition coefficient (Wildman–Crippen LogP) is 3.09. The molecular weight excluding hydrogens is 490 g/mol. The Hall–Kier alpha value is -1.78. The SMILES string of the molecule is Cl.Cl.Cl.NNC(=O)Cc1ccc(CCc2nc(N3CCNCC3)ccc2C(F)(F)F)cc1. The lowest BCUT2D eigenvalue weighted by molar-refractivity contribution is -0.138. The number of rotatable bonds is 6. The van der Waals surface area contributed by atoms with Crippen molar-refractivity contribution in [3.63, 3.8) is 0 Å². The second-order valence-electron chi connectivity index (χ2n) is 6.96. The van der Waals surface area contributed by atoms with Crippen LogP contribution in [0.2, 0.25) is 0 Å². The van der Waals surface area contributed by atoms with Crippen LogP contribution in [0.3, 0.4) is 0 Å². The predicted molar refractivity (Wildman–Crippen MR) is 126 cm³/mol. The summed E-state index contributed by atoms with van der Waals surface area (Å²) in [5.41, 5.74) is 3.10. The molecule has 1 amide bonds. The van der Waals surface area contributed by atoms with Crippen molar-refractivity contribution in [3.05, 3.63) is 58.8 Å². The van der Waals surface area contributed by atoms with Gasteiger partial charge in [-0.05, 0) is 36.1 Å². The maximum Gasteiger partial charge on any atom is 0.418 e. The number of nitrogens with two attached hydrogens (primary N) is 1. The van der Waals surface area contributed by atoms with Gasteiger partial charge < -0.3 is 10.2 Å². The Kier molecular flexibility index (Phi) is 12.9. The number of hydrogen-bond donors (Lipinski definition) is 3. The summed E-state index contributed by atoms with van der Waals surface area (Å²) in [7, 11) is 0. The Balaban J connectivity index is 0.00000320. The van der Waals surface area contributed by atoms with Crippen LogP contribution in [0.5, 0.6) is 0 Å². The van der Waals surface area contributed by atoms with E-state index in [-0.39, 0.29) is 61.7 Å². The summed E-state index contributed by atoms with van der Waals surface area (Å²) in [5.74, 6) is 5.35. The van der Waals surface area contributed by atoms with E-state index in [0.717, 1.165) is 43.4 Å². The van der Waals surface area contributed by atoms with E-state index in [2.05, 4.69) is 15.7 Å². The third-order valence-electron chi connectivity index (χ3n) is 4.90. The standard InChI is InChI=1S/C20H24F3N5O.3ClH/c21-20(22,23)16-6-8-18(28-11-9-25-10-12-28)26-17(16)7-5-14-1-3-15(4-2-14)13-19(29)27-24;;;/h1-4,6,8,25H,5,7,9-13,24H2,(H,27,29);3*1H. The van der Waals surface area contributed by atoms with Gasteiger partial charge in [-0.1, -0.05) is 24.3 Å². The Labute approximate surface area is 203 Å². The summed E-state index contributed by atoms with van der Waals surface area (Å²) < 4.78 is 40.3. The maximum atomic E-state index is 13.4. The molecule has 1 saturated heterocycles. The maximum absolute atomic E-state index is 13.4. The molecule has 32 heavy (non-hydrogen) atoms. The molecule has 0 radical (unpaired) electrons. The zero-order valence-corrected chi connectivity index (χ0v) is 19.6. The van der Waals surface area contributed by atoms with Crippen LogP contribution >= 0.6 is 37.2 Å². The Morgan fingerprint density at radius 2 is 1.59 bits per heavy atom. The quantitative estimate of drug-likeness (QED) is 0.312. The molecule has 1 fully saturated rings. The highest BCUT2D eigenvalue weighted by atomic mass is 35.5. The molecule has 2 aromatic rings. The molecule has 0 atom stereocenters. The molecule has 180 valence electrons. The molecule has 4 N–H and O–H groups in total. The second-order valence-corrected chi connectivity index (χ2v) is 6.96. The van der Waals surface area contributed by atoms with Crippen LogP contribution < -0.4 is 21.5 Å². The summed E-state index contributed by atoms with van der Waals surface area (Å²) in [6.45, 7) is 3.00. The van der Waals surface area contributed by atoms with Gasteiger partial charge in [0.05, 0.1) is 17.7 Å². The number of pyridine rings is 1. The van der Waals surface area contributed by atoms with Crippen LogP contribution in [-0.2, 0) is 30.2 Å². The number of alkyl halides is 3. The first-order chi connectivity index (χ1) is 13.9. The molecule has 0 bridgehead atoms. The fourth-order valence-corrected chi connectivity index (χ4v) is 3.33. The Morgan fingerprint density at radius 1 is 1.00 bits per heavy atom. The first kappa shape index (κ1) is 30.2. The van der Waals surface area contributed by atoms with Crippen molar-refractivity contribution in [2.45, 2.75) is 25.4 Å². The number of halogens is 6. The van der Waals surface area contributed by atoms with Crippen molar-refractivity contribution >= 4 is 48.9 Å². The lowest BCUT2D eigenvalue weighted by Crippen LogP contribution is -2.44. The molecule has 0 aliphatic carbocycles. The first-order valence-corrected chi connectivity index (χ1v) is 9.47. The van der Waals surface area contributed by atoms with Gasteiger partial charge >= 0.3 is 6.18 Å². The van der Waals surface area contributed by atoms with Crippen molar-refractivity contribution in [1.29, 1.82) is 0 Å². The minimum absolute atomic E-state index is 0. The molecule has 1 aliphatic heterocycles. The molecular formula is C20H27Cl3F3N5O. The average molecular weight is 517 g/mol. The van der Waals surface area contributed by atoms with E-state index in [1.54, 1.807) is 12.1 Å². The summed E-state index contributed by atoms with van der Waals surface area (Å²) in [6.07, 6.45) is -3.69. The second kappa shape index (κ2) is 13.7. The normalized spacial score (nSPS) is 13.3. The zero-order valence-electron chi connectivity index (χ0n) is 17.2. The first-order valence-electron chi connectivity index (χ1n) is 9.47. The average Bonchev–Trinajstić information content (AvgIpc) is 2.73. The van der Waals surface area contributed by atoms with Crippen molar-refractivity contribution in [3.8, 4) is 0 Å². The molecule has 0 spiro atoms. The lowest BCUT2D eigenvalue weighted by atomic mass is 10.0. The largest absolute Gasteiger partial charge is 0.418 e. The highest BCUT2D eigenvalue weighted by Gasteiger charge is 2.34. The zero-order chi connectivity index (χ0) is 20.9. The van der Waals surface area contributed by atoms with Gasteiger partial charge in [0.25, 0.3) is 0 Å². The van der Waals surface area contributed by atoms with Gasteiger partial charge in [-0.25, -0.2) is 10.8 Å². The number of amides is 1. The highest BCUT2D eigenvalue weighted by molar-refractivity contribution is 5.86. The Morgan fingerprint density at radius 3 is 2.16 bits per heavy atom. The van der Waals surface area contributed by atoms with E-state index in [9.17, 15) is 18.0 Å². The molecule has 1 aromatic heterocycles.